The first-order valence-corrected chi connectivity index (χ1v) is 9.09. The smallest absolute Gasteiger partial charge is 0.266 e. The molecule has 0 aliphatic carbocycles. The summed E-state index contributed by atoms with van der Waals surface area (Å²) in [6.45, 7) is 3.36. The number of hydrazine groups is 1. The molecule has 0 spiro atoms. The fourth-order valence-electron chi connectivity index (χ4n) is 2.06. The van der Waals surface area contributed by atoms with E-state index in [2.05, 4.69) is 10.7 Å². The zero-order valence-electron chi connectivity index (χ0n) is 13.9. The largest absolute Gasteiger partial charge is 0.326 e. The predicted molar refractivity (Wildman–Crippen MR) is 94.4 cm³/mol. The summed E-state index contributed by atoms with van der Waals surface area (Å²) in [7, 11) is -3.92. The van der Waals surface area contributed by atoms with Gasteiger partial charge in [-0.1, -0.05) is 19.1 Å². The first-order chi connectivity index (χ1) is 11.8. The molecule has 8 heteroatoms. The molecule has 2 aromatic rings. The quantitative estimate of drug-likeness (QED) is 0.683. The van der Waals surface area contributed by atoms with Crippen molar-refractivity contribution < 1.29 is 18.0 Å². The molecule has 0 radical (unpaired) electrons. The fraction of sp³-hybridized carbons (Fsp3) is 0.176. The van der Waals surface area contributed by atoms with E-state index in [9.17, 15) is 18.0 Å². The van der Waals surface area contributed by atoms with E-state index in [-0.39, 0.29) is 10.8 Å². The normalized spacial score (nSPS) is 11.0. The summed E-state index contributed by atoms with van der Waals surface area (Å²) in [5.41, 5.74) is 4.08. The first kappa shape index (κ1) is 18.6. The van der Waals surface area contributed by atoms with Crippen molar-refractivity contribution >= 4 is 27.5 Å². The molecule has 25 heavy (non-hydrogen) atoms. The predicted octanol–water partition coefficient (Wildman–Crippen LogP) is 1.83. The number of hydrogen-bond donors (Lipinski definition) is 3. The maximum atomic E-state index is 12.2. The average Bonchev–Trinajstić information content (AvgIpc) is 2.60. The Hall–Kier alpha value is -2.71. The van der Waals surface area contributed by atoms with Crippen molar-refractivity contribution in [1.29, 1.82) is 0 Å². The summed E-state index contributed by atoms with van der Waals surface area (Å²) in [6, 6.07) is 12.5. The maximum Gasteiger partial charge on any atom is 0.266 e. The van der Waals surface area contributed by atoms with Crippen LogP contribution in [0.25, 0.3) is 0 Å². The second kappa shape index (κ2) is 7.91. The lowest BCUT2D eigenvalue weighted by molar-refractivity contribution is -0.114. The van der Waals surface area contributed by atoms with Gasteiger partial charge >= 0.3 is 0 Å². The molecule has 2 aromatic carbocycles. The van der Waals surface area contributed by atoms with E-state index in [1.54, 1.807) is 12.1 Å². The average molecular weight is 361 g/mol. The highest BCUT2D eigenvalue weighted by molar-refractivity contribution is 7.89. The van der Waals surface area contributed by atoms with E-state index >= 15 is 0 Å². The summed E-state index contributed by atoms with van der Waals surface area (Å²) in [5, 5.41) is 2.54. The van der Waals surface area contributed by atoms with Crippen molar-refractivity contribution in [2.45, 2.75) is 25.2 Å². The van der Waals surface area contributed by atoms with E-state index in [1.807, 2.05) is 23.9 Å². The van der Waals surface area contributed by atoms with Gasteiger partial charge in [-0.05, 0) is 48.4 Å². The van der Waals surface area contributed by atoms with Gasteiger partial charge in [-0.3, -0.25) is 15.0 Å². The van der Waals surface area contributed by atoms with Crippen LogP contribution in [0.15, 0.2) is 53.4 Å². The maximum absolute atomic E-state index is 12.2. The second-order valence-electron chi connectivity index (χ2n) is 5.32. The third-order valence-corrected chi connectivity index (χ3v) is 4.67. The van der Waals surface area contributed by atoms with Crippen LogP contribution in [0, 0.1) is 0 Å². The van der Waals surface area contributed by atoms with Crippen molar-refractivity contribution in [2.75, 3.05) is 5.32 Å². The first-order valence-electron chi connectivity index (χ1n) is 7.60. The van der Waals surface area contributed by atoms with Gasteiger partial charge in [0.2, 0.25) is 5.91 Å². The number of amides is 2. The molecule has 132 valence electrons. The lowest BCUT2D eigenvalue weighted by Crippen LogP contribution is -2.41. The van der Waals surface area contributed by atoms with E-state index in [4.69, 9.17) is 0 Å². The Morgan fingerprint density at radius 1 is 0.960 bits per heavy atom. The van der Waals surface area contributed by atoms with Crippen molar-refractivity contribution in [2.24, 2.45) is 0 Å². The number of nitrogens with one attached hydrogen (secondary N) is 3. The highest BCUT2D eigenvalue weighted by Crippen LogP contribution is 2.13. The molecule has 7 nitrogen and oxygen atoms in total. The van der Waals surface area contributed by atoms with Crippen LogP contribution < -0.4 is 15.6 Å². The number of anilines is 1. The molecule has 0 saturated carbocycles. The summed E-state index contributed by atoms with van der Waals surface area (Å²) in [4.78, 5) is 25.0. The lowest BCUT2D eigenvalue weighted by Gasteiger charge is -2.09. The van der Waals surface area contributed by atoms with Crippen LogP contribution in [0.3, 0.4) is 0 Å². The molecule has 0 unspecified atom stereocenters. The molecule has 3 N–H and O–H groups in total. The number of carbonyl (C=O) groups is 2. The minimum absolute atomic E-state index is 0.0387. The van der Waals surface area contributed by atoms with E-state index < -0.39 is 15.9 Å². The van der Waals surface area contributed by atoms with Gasteiger partial charge < -0.3 is 5.32 Å². The molecule has 0 aliphatic heterocycles. The zero-order chi connectivity index (χ0) is 18.4. The Morgan fingerprint density at radius 3 is 2.08 bits per heavy atom. The molecule has 0 bridgehead atoms. The zero-order valence-corrected chi connectivity index (χ0v) is 14.7. The molecule has 0 heterocycles. The van der Waals surface area contributed by atoms with Crippen LogP contribution >= 0.6 is 0 Å². The van der Waals surface area contributed by atoms with Crippen LogP contribution in [-0.2, 0) is 21.2 Å². The van der Waals surface area contributed by atoms with Crippen LogP contribution in [0.4, 0.5) is 5.69 Å². The molecule has 0 atom stereocenters. The van der Waals surface area contributed by atoms with E-state index in [0.29, 0.717) is 11.3 Å². The highest BCUT2D eigenvalue weighted by atomic mass is 32.2. The number of aryl methyl sites for hydroxylation is 1. The second-order valence-corrected chi connectivity index (χ2v) is 7.00. The molecular weight excluding hydrogens is 342 g/mol. The lowest BCUT2D eigenvalue weighted by atomic mass is 10.1. The SMILES string of the molecule is CCc1ccc(C(=O)NNS(=O)(=O)c2ccc(NC(C)=O)cc2)cc1. The topological polar surface area (TPSA) is 104 Å². The Kier molecular flexibility index (Phi) is 5.89. The third-order valence-electron chi connectivity index (χ3n) is 3.41. The van der Waals surface area contributed by atoms with Crippen molar-refractivity contribution in [3.8, 4) is 0 Å². The molecule has 0 fully saturated rings. The summed E-state index contributed by atoms with van der Waals surface area (Å²) < 4.78 is 24.4. The number of benzene rings is 2. The minimum Gasteiger partial charge on any atom is -0.326 e. The minimum atomic E-state index is -3.92. The van der Waals surface area contributed by atoms with Crippen molar-refractivity contribution in [3.63, 3.8) is 0 Å². The van der Waals surface area contributed by atoms with Gasteiger partial charge in [-0.15, -0.1) is 4.83 Å². The van der Waals surface area contributed by atoms with Gasteiger partial charge in [-0.25, -0.2) is 8.42 Å². The van der Waals surface area contributed by atoms with Crippen LogP contribution in [0.5, 0.6) is 0 Å². The Bertz CT molecular complexity index is 860. The fourth-order valence-corrected chi connectivity index (χ4v) is 2.90. The molecule has 0 saturated heterocycles. The van der Waals surface area contributed by atoms with Gasteiger partial charge in [-0.2, -0.15) is 0 Å². The molecule has 2 rings (SSSR count). The Labute approximate surface area is 146 Å². The number of carbonyl (C=O) groups excluding carboxylic acids is 2. The van der Waals surface area contributed by atoms with Crippen molar-refractivity contribution in [1.82, 2.24) is 10.3 Å². The monoisotopic (exact) mass is 361 g/mol. The molecule has 0 aliphatic rings. The number of rotatable bonds is 6. The van der Waals surface area contributed by atoms with Crippen LogP contribution in [0.1, 0.15) is 29.8 Å². The van der Waals surface area contributed by atoms with Crippen molar-refractivity contribution in [3.05, 3.63) is 59.7 Å². The van der Waals surface area contributed by atoms with Gasteiger partial charge in [0, 0.05) is 18.2 Å². The van der Waals surface area contributed by atoms with E-state index in [0.717, 1.165) is 12.0 Å². The number of sulfonamides is 1. The van der Waals surface area contributed by atoms with Crippen LogP contribution in [0.2, 0.25) is 0 Å². The Morgan fingerprint density at radius 2 is 1.56 bits per heavy atom. The van der Waals surface area contributed by atoms with Gasteiger partial charge in [0.05, 0.1) is 4.90 Å². The molecule has 2 amide bonds. The summed E-state index contributed by atoms with van der Waals surface area (Å²) in [6.07, 6.45) is 0.850. The van der Waals surface area contributed by atoms with Crippen LogP contribution in [-0.4, -0.2) is 20.2 Å². The van der Waals surface area contributed by atoms with Gasteiger partial charge in [0.1, 0.15) is 0 Å². The Balaban J connectivity index is 2.02. The highest BCUT2D eigenvalue weighted by Gasteiger charge is 2.15. The van der Waals surface area contributed by atoms with Gasteiger partial charge in [0.25, 0.3) is 15.9 Å². The van der Waals surface area contributed by atoms with Gasteiger partial charge in [0.15, 0.2) is 0 Å². The summed E-state index contributed by atoms with van der Waals surface area (Å²) >= 11 is 0. The van der Waals surface area contributed by atoms with E-state index in [1.165, 1.54) is 31.2 Å². The standard InChI is InChI=1S/C17H19N3O4S/c1-3-13-4-6-14(7-5-13)17(22)19-20-25(23,24)16-10-8-15(9-11-16)18-12(2)21/h4-11,20H,3H2,1-2H3,(H,18,21)(H,19,22). The molecular formula is C17H19N3O4S. The number of hydrogen-bond acceptors (Lipinski definition) is 4. The summed E-state index contributed by atoms with van der Waals surface area (Å²) in [5.74, 6) is -0.809. The molecule has 0 aromatic heterocycles. The third kappa shape index (κ3) is 5.13.